The molecule has 1 saturated heterocycles. The Morgan fingerprint density at radius 2 is 1.95 bits per heavy atom. The minimum absolute atomic E-state index is 0.118. The summed E-state index contributed by atoms with van der Waals surface area (Å²) >= 11 is 9.30. The van der Waals surface area contributed by atoms with Crippen molar-refractivity contribution in [3.8, 4) is 17.6 Å². The number of hydrogen-bond donors (Lipinski definition) is 2. The van der Waals surface area contributed by atoms with Gasteiger partial charge in [-0.25, -0.2) is 4.39 Å². The first-order valence-electron chi connectivity index (χ1n) is 12.6. The van der Waals surface area contributed by atoms with Gasteiger partial charge >= 0.3 is 0 Å². The number of carbonyl (C=O) groups excluding carboxylic acids is 2. The Morgan fingerprint density at radius 1 is 1.18 bits per heavy atom. The maximum absolute atomic E-state index is 15.4. The topological polar surface area (TPSA) is 104 Å². The van der Waals surface area contributed by atoms with Crippen LogP contribution < -0.4 is 15.4 Å². The summed E-state index contributed by atoms with van der Waals surface area (Å²) in [5.41, 5.74) is 2.09. The van der Waals surface area contributed by atoms with E-state index in [-0.39, 0.29) is 40.0 Å². The number of benzene rings is 3. The van der Waals surface area contributed by atoms with Crippen LogP contribution in [0.25, 0.3) is 0 Å². The van der Waals surface area contributed by atoms with Gasteiger partial charge in [-0.3, -0.25) is 14.5 Å². The summed E-state index contributed by atoms with van der Waals surface area (Å²) in [5, 5.41) is 15.1. The van der Waals surface area contributed by atoms with Crippen molar-refractivity contribution in [2.45, 2.75) is 13.3 Å². The zero-order valence-electron chi connectivity index (χ0n) is 21.7. The van der Waals surface area contributed by atoms with Crippen LogP contribution in [0.1, 0.15) is 27.0 Å². The minimum Gasteiger partial charge on any atom is -0.453 e. The van der Waals surface area contributed by atoms with Crippen molar-refractivity contribution in [2.75, 3.05) is 44.7 Å². The number of nitrogens with one attached hydrogen (secondary N) is 2. The summed E-state index contributed by atoms with van der Waals surface area (Å²) in [6.07, 6.45) is -0.252. The fraction of sp³-hybridized carbons (Fsp3) is 0.276. The molecule has 0 aliphatic carbocycles. The first kappa shape index (κ1) is 29.5. The number of amides is 2. The smallest absolute Gasteiger partial charge is 0.251 e. The molecule has 1 fully saturated rings. The number of halogens is 3. The maximum atomic E-state index is 15.4. The minimum atomic E-state index is -0.719. The van der Waals surface area contributed by atoms with E-state index in [0.29, 0.717) is 41.0 Å². The molecule has 0 bridgehead atoms. The van der Waals surface area contributed by atoms with E-state index in [1.165, 1.54) is 24.3 Å². The Labute approximate surface area is 245 Å². The number of hydrogen-bond acceptors (Lipinski definition) is 6. The Morgan fingerprint density at radius 3 is 2.67 bits per heavy atom. The van der Waals surface area contributed by atoms with Crippen LogP contribution in [0.4, 0.5) is 10.1 Å². The summed E-state index contributed by atoms with van der Waals surface area (Å²) in [6.45, 7) is 6.18. The molecule has 0 spiro atoms. The van der Waals surface area contributed by atoms with Crippen LogP contribution in [0, 0.1) is 24.1 Å². The summed E-state index contributed by atoms with van der Waals surface area (Å²) in [5.74, 6) is -1.29. The highest BCUT2D eigenvalue weighted by Gasteiger charge is 2.18. The molecule has 11 heteroatoms. The number of nitriles is 1. The largest absolute Gasteiger partial charge is 0.453 e. The molecule has 208 valence electrons. The first-order chi connectivity index (χ1) is 19.2. The van der Waals surface area contributed by atoms with Gasteiger partial charge in [-0.05, 0) is 70.9 Å². The van der Waals surface area contributed by atoms with Crippen LogP contribution in [0.3, 0.4) is 0 Å². The molecule has 4 rings (SSSR count). The number of aryl methyl sites for hydroxylation is 1. The van der Waals surface area contributed by atoms with Crippen molar-refractivity contribution in [3.05, 3.63) is 86.1 Å². The number of rotatable bonds is 9. The van der Waals surface area contributed by atoms with E-state index in [2.05, 4.69) is 31.5 Å². The zero-order valence-corrected chi connectivity index (χ0v) is 24.1. The average Bonchev–Trinajstić information content (AvgIpc) is 2.94. The molecule has 0 saturated carbocycles. The molecule has 3 aromatic carbocycles. The zero-order chi connectivity index (χ0) is 28.6. The van der Waals surface area contributed by atoms with Crippen LogP contribution >= 0.6 is 27.5 Å². The van der Waals surface area contributed by atoms with Crippen molar-refractivity contribution >= 4 is 45.0 Å². The number of anilines is 1. The monoisotopic (exact) mass is 628 g/mol. The highest BCUT2D eigenvalue weighted by atomic mass is 79.9. The molecule has 2 N–H and O–H groups in total. The Balaban J connectivity index is 1.37. The van der Waals surface area contributed by atoms with Gasteiger partial charge in [0.05, 0.1) is 35.7 Å². The number of nitrogens with zero attached hydrogens (tertiary/aromatic N) is 2. The number of carbonyl (C=O) groups is 2. The van der Waals surface area contributed by atoms with Gasteiger partial charge in [-0.15, -0.1) is 0 Å². The molecule has 0 atom stereocenters. The Bertz CT molecular complexity index is 1460. The van der Waals surface area contributed by atoms with E-state index < -0.39 is 11.7 Å². The van der Waals surface area contributed by atoms with Crippen molar-refractivity contribution in [2.24, 2.45) is 0 Å². The van der Waals surface area contributed by atoms with Crippen LogP contribution in [0.5, 0.6) is 11.5 Å². The molecule has 3 aromatic rings. The van der Waals surface area contributed by atoms with Gasteiger partial charge in [0.2, 0.25) is 5.91 Å². The third-order valence-corrected chi connectivity index (χ3v) is 7.12. The molecule has 0 radical (unpaired) electrons. The van der Waals surface area contributed by atoms with Gasteiger partial charge in [-0.2, -0.15) is 5.26 Å². The van der Waals surface area contributed by atoms with Crippen molar-refractivity contribution in [3.63, 3.8) is 0 Å². The van der Waals surface area contributed by atoms with Gasteiger partial charge in [0.1, 0.15) is 5.75 Å². The summed E-state index contributed by atoms with van der Waals surface area (Å²) < 4.78 is 26.7. The molecule has 0 unspecified atom stereocenters. The van der Waals surface area contributed by atoms with Gasteiger partial charge in [0, 0.05) is 48.0 Å². The molecular formula is C29H27BrClFN4O4. The summed E-state index contributed by atoms with van der Waals surface area (Å²) in [6, 6.07) is 14.4. The summed E-state index contributed by atoms with van der Waals surface area (Å²) in [4.78, 5) is 27.6. The highest BCUT2D eigenvalue weighted by molar-refractivity contribution is 9.10. The second kappa shape index (κ2) is 13.7. The van der Waals surface area contributed by atoms with Crippen LogP contribution in [-0.2, 0) is 16.0 Å². The lowest BCUT2D eigenvalue weighted by Crippen LogP contribution is -2.41. The van der Waals surface area contributed by atoms with Crippen LogP contribution in [0.2, 0.25) is 5.02 Å². The first-order valence-corrected chi connectivity index (χ1v) is 13.7. The van der Waals surface area contributed by atoms with E-state index in [0.717, 1.165) is 19.6 Å². The standard InChI is InChI=1S/C29H27BrClFN4O4/c1-18-12-21(29(38)34-6-7-36-8-10-39-11-9-36)3-5-25(18)35-26(37)15-20-2-4-24(30)28(27(20)32)40-23-14-19(17-33)13-22(31)16-23/h2-5,12-14,16H,6-11,15H2,1H3,(H,34,38)(H,35,37). The van der Waals surface area contributed by atoms with E-state index in [4.69, 9.17) is 26.3 Å². The lowest BCUT2D eigenvalue weighted by molar-refractivity contribution is -0.115. The fourth-order valence-corrected chi connectivity index (χ4v) is 4.79. The Kier molecular flexibility index (Phi) is 10.1. The van der Waals surface area contributed by atoms with Crippen molar-refractivity contribution in [1.29, 1.82) is 5.26 Å². The number of morpholine rings is 1. The van der Waals surface area contributed by atoms with E-state index >= 15 is 4.39 Å². The SMILES string of the molecule is Cc1cc(C(=O)NCCN2CCOCC2)ccc1NC(=O)Cc1ccc(Br)c(Oc2cc(Cl)cc(C#N)c2)c1F. The molecule has 1 heterocycles. The van der Waals surface area contributed by atoms with E-state index in [1.807, 2.05) is 6.07 Å². The van der Waals surface area contributed by atoms with Crippen molar-refractivity contribution < 1.29 is 23.5 Å². The Hall–Kier alpha value is -3.49. The average molecular weight is 630 g/mol. The second-order valence-electron chi connectivity index (χ2n) is 9.20. The molecule has 0 aromatic heterocycles. The number of ether oxygens (including phenoxy) is 2. The second-order valence-corrected chi connectivity index (χ2v) is 10.5. The highest BCUT2D eigenvalue weighted by Crippen LogP contribution is 2.35. The van der Waals surface area contributed by atoms with E-state index in [9.17, 15) is 9.59 Å². The van der Waals surface area contributed by atoms with Gasteiger partial charge in [-0.1, -0.05) is 17.7 Å². The molecule has 1 aliphatic heterocycles. The third-order valence-electron chi connectivity index (χ3n) is 6.28. The predicted molar refractivity (Wildman–Crippen MR) is 153 cm³/mol. The lowest BCUT2D eigenvalue weighted by Gasteiger charge is -2.26. The van der Waals surface area contributed by atoms with Gasteiger partial charge in [0.15, 0.2) is 11.6 Å². The summed E-state index contributed by atoms with van der Waals surface area (Å²) in [7, 11) is 0. The third kappa shape index (κ3) is 7.79. The molecule has 40 heavy (non-hydrogen) atoms. The van der Waals surface area contributed by atoms with E-state index in [1.54, 1.807) is 31.2 Å². The van der Waals surface area contributed by atoms with Crippen LogP contribution in [-0.4, -0.2) is 56.1 Å². The van der Waals surface area contributed by atoms with Gasteiger partial charge in [0.25, 0.3) is 5.91 Å². The quantitative estimate of drug-likeness (QED) is 0.326. The molecule has 8 nitrogen and oxygen atoms in total. The lowest BCUT2D eigenvalue weighted by atomic mass is 10.1. The predicted octanol–water partition coefficient (Wildman–Crippen LogP) is 5.46. The normalized spacial score (nSPS) is 13.4. The molecule has 1 aliphatic rings. The van der Waals surface area contributed by atoms with Gasteiger partial charge < -0.3 is 20.1 Å². The fourth-order valence-electron chi connectivity index (χ4n) is 4.17. The molecule has 2 amide bonds. The maximum Gasteiger partial charge on any atom is 0.251 e. The van der Waals surface area contributed by atoms with Crippen LogP contribution in [0.15, 0.2) is 53.0 Å². The molecular weight excluding hydrogens is 603 g/mol. The van der Waals surface area contributed by atoms with Crippen molar-refractivity contribution in [1.82, 2.24) is 10.2 Å².